The lowest BCUT2D eigenvalue weighted by Crippen LogP contribution is -2.24. The van der Waals surface area contributed by atoms with Gasteiger partial charge in [0.1, 0.15) is 23.7 Å². The minimum atomic E-state index is -1.33. The molecule has 0 spiro atoms. The minimum absolute atomic E-state index is 0.0758. The summed E-state index contributed by atoms with van der Waals surface area (Å²) in [7, 11) is 0. The summed E-state index contributed by atoms with van der Waals surface area (Å²) in [6, 6.07) is 11.3. The lowest BCUT2D eigenvalue weighted by molar-refractivity contribution is 0.0693. The van der Waals surface area contributed by atoms with Crippen LogP contribution in [0.5, 0.6) is 11.5 Å². The minimum Gasteiger partial charge on any atom is -0.507 e. The summed E-state index contributed by atoms with van der Waals surface area (Å²) < 4.78 is 5.04. The third-order valence-corrected chi connectivity index (χ3v) is 3.30. The molecule has 0 aromatic heterocycles. The Morgan fingerprint density at radius 2 is 1.81 bits per heavy atom. The highest BCUT2D eigenvalue weighted by atomic mass is 16.5. The zero-order chi connectivity index (χ0) is 18.9. The molecule has 0 fully saturated rings. The molecular weight excluding hydrogens is 338 g/mol. The van der Waals surface area contributed by atoms with Gasteiger partial charge in [-0.15, -0.1) is 0 Å². The van der Waals surface area contributed by atoms with Crippen LogP contribution >= 0.6 is 0 Å². The van der Waals surface area contributed by atoms with Gasteiger partial charge in [-0.3, -0.25) is 0 Å². The summed E-state index contributed by atoms with van der Waals surface area (Å²) in [4.78, 5) is 22.5. The van der Waals surface area contributed by atoms with Gasteiger partial charge in [-0.2, -0.15) is 0 Å². The molecule has 0 atom stereocenters. The first-order chi connectivity index (χ1) is 12.5. The number of rotatable bonds is 5. The topological polar surface area (TPSA) is 116 Å². The van der Waals surface area contributed by atoms with E-state index >= 15 is 0 Å². The fourth-order valence-electron chi connectivity index (χ4n) is 2.01. The van der Waals surface area contributed by atoms with E-state index in [0.29, 0.717) is 0 Å². The Hall–Kier alpha value is -3.66. The van der Waals surface area contributed by atoms with Crippen LogP contribution in [0.15, 0.2) is 42.5 Å². The quantitative estimate of drug-likeness (QED) is 0.484. The standard InChI is InChI=1S/C19H17NO6/c21-16-11-17(22)15(18(23)24)10-14(16)8-4-5-9-20-19(25)26-12-13-6-2-1-3-7-13/h1-3,6-7,10-11,21-22H,5,9,12H2,(H,20,25)(H,23,24). The molecule has 0 heterocycles. The Morgan fingerprint density at radius 1 is 1.08 bits per heavy atom. The maximum atomic E-state index is 11.5. The highest BCUT2D eigenvalue weighted by Gasteiger charge is 2.13. The lowest BCUT2D eigenvalue weighted by Gasteiger charge is -2.05. The van der Waals surface area contributed by atoms with Gasteiger partial charge in [0.05, 0.1) is 5.56 Å². The number of hydrogen-bond donors (Lipinski definition) is 4. The van der Waals surface area contributed by atoms with Crippen LogP contribution in [0.3, 0.4) is 0 Å². The summed E-state index contributed by atoms with van der Waals surface area (Å²) in [6.45, 7) is 0.392. The fraction of sp³-hybridized carbons (Fsp3) is 0.158. The molecule has 2 aromatic carbocycles. The van der Waals surface area contributed by atoms with Gasteiger partial charge in [0.15, 0.2) is 0 Å². The molecule has 0 aliphatic heterocycles. The number of nitrogens with one attached hydrogen (secondary N) is 1. The predicted molar refractivity (Wildman–Crippen MR) is 92.9 cm³/mol. The molecule has 1 amide bonds. The Morgan fingerprint density at radius 3 is 2.50 bits per heavy atom. The number of aromatic hydroxyl groups is 2. The third-order valence-electron chi connectivity index (χ3n) is 3.30. The average molecular weight is 355 g/mol. The number of alkyl carbamates (subject to hydrolysis) is 1. The van der Waals surface area contributed by atoms with Crippen molar-refractivity contribution >= 4 is 12.1 Å². The maximum Gasteiger partial charge on any atom is 0.407 e. The molecule has 0 saturated carbocycles. The molecule has 0 radical (unpaired) electrons. The number of ether oxygens (including phenoxy) is 1. The molecule has 0 aliphatic carbocycles. The number of benzene rings is 2. The Bertz CT molecular complexity index is 852. The molecule has 2 rings (SSSR count). The molecule has 26 heavy (non-hydrogen) atoms. The van der Waals surface area contributed by atoms with Crippen LogP contribution in [-0.4, -0.2) is 33.9 Å². The van der Waals surface area contributed by atoms with E-state index in [4.69, 9.17) is 9.84 Å². The Balaban J connectivity index is 1.81. The van der Waals surface area contributed by atoms with Crippen molar-refractivity contribution in [2.75, 3.05) is 6.54 Å². The van der Waals surface area contributed by atoms with E-state index in [0.717, 1.165) is 17.7 Å². The van der Waals surface area contributed by atoms with Gasteiger partial charge in [0.25, 0.3) is 0 Å². The Labute approximate surface area is 149 Å². The summed E-state index contributed by atoms with van der Waals surface area (Å²) in [5.41, 5.74) is 0.598. The number of hydrogen-bond acceptors (Lipinski definition) is 5. The number of carboxylic acids is 1. The molecule has 0 saturated heterocycles. The van der Waals surface area contributed by atoms with E-state index in [1.54, 1.807) is 0 Å². The lowest BCUT2D eigenvalue weighted by atomic mass is 10.1. The van der Waals surface area contributed by atoms with Crippen LogP contribution in [0.25, 0.3) is 0 Å². The van der Waals surface area contributed by atoms with Crippen molar-refractivity contribution in [3.63, 3.8) is 0 Å². The van der Waals surface area contributed by atoms with Gasteiger partial charge in [0.2, 0.25) is 0 Å². The number of amides is 1. The van der Waals surface area contributed by atoms with E-state index in [-0.39, 0.29) is 36.4 Å². The van der Waals surface area contributed by atoms with Crippen LogP contribution < -0.4 is 5.32 Å². The van der Waals surface area contributed by atoms with Crippen molar-refractivity contribution in [2.24, 2.45) is 0 Å². The van der Waals surface area contributed by atoms with Gasteiger partial charge >= 0.3 is 12.1 Å². The number of aromatic carboxylic acids is 1. The highest BCUT2D eigenvalue weighted by Crippen LogP contribution is 2.26. The molecule has 0 unspecified atom stereocenters. The molecule has 0 aliphatic rings. The van der Waals surface area contributed by atoms with Crippen molar-refractivity contribution < 1.29 is 29.6 Å². The first-order valence-electron chi connectivity index (χ1n) is 7.70. The van der Waals surface area contributed by atoms with E-state index in [1.165, 1.54) is 0 Å². The zero-order valence-corrected chi connectivity index (χ0v) is 13.7. The van der Waals surface area contributed by atoms with Crippen molar-refractivity contribution in [1.29, 1.82) is 0 Å². The molecular formula is C19H17NO6. The van der Waals surface area contributed by atoms with Gasteiger partial charge in [-0.25, -0.2) is 9.59 Å². The summed E-state index contributed by atoms with van der Waals surface area (Å²) >= 11 is 0. The van der Waals surface area contributed by atoms with E-state index < -0.39 is 17.8 Å². The van der Waals surface area contributed by atoms with Crippen LogP contribution in [0.1, 0.15) is 27.9 Å². The largest absolute Gasteiger partial charge is 0.507 e. The second-order valence-electron chi connectivity index (χ2n) is 5.23. The first kappa shape index (κ1) is 18.7. The predicted octanol–water partition coefficient (Wildman–Crippen LogP) is 2.46. The fourth-order valence-corrected chi connectivity index (χ4v) is 2.01. The molecule has 7 heteroatoms. The number of phenols is 2. The number of carboxylic acid groups (broad SMARTS) is 1. The molecule has 0 bridgehead atoms. The summed E-state index contributed by atoms with van der Waals surface area (Å²) in [5.74, 6) is 3.11. The smallest absolute Gasteiger partial charge is 0.407 e. The monoisotopic (exact) mass is 355 g/mol. The number of phenolic OH excluding ortho intramolecular Hbond substituents is 1. The molecule has 134 valence electrons. The van der Waals surface area contributed by atoms with Crippen molar-refractivity contribution in [1.82, 2.24) is 5.32 Å². The third kappa shape index (κ3) is 5.46. The van der Waals surface area contributed by atoms with Gasteiger partial charge in [-0.1, -0.05) is 42.2 Å². The van der Waals surface area contributed by atoms with Crippen LogP contribution in [0.4, 0.5) is 4.79 Å². The molecule has 4 N–H and O–H groups in total. The van der Waals surface area contributed by atoms with Crippen LogP contribution in [-0.2, 0) is 11.3 Å². The zero-order valence-electron chi connectivity index (χ0n) is 13.7. The highest BCUT2D eigenvalue weighted by molar-refractivity contribution is 5.91. The van der Waals surface area contributed by atoms with Crippen molar-refractivity contribution in [2.45, 2.75) is 13.0 Å². The summed E-state index contributed by atoms with van der Waals surface area (Å²) in [5, 5.41) is 30.6. The van der Waals surface area contributed by atoms with Gasteiger partial charge in [0, 0.05) is 19.0 Å². The SMILES string of the molecule is O=C(NCCC#Cc1cc(C(=O)O)c(O)cc1O)OCc1ccccc1. The first-order valence-corrected chi connectivity index (χ1v) is 7.70. The van der Waals surface area contributed by atoms with E-state index in [2.05, 4.69) is 17.2 Å². The van der Waals surface area contributed by atoms with Gasteiger partial charge in [-0.05, 0) is 11.6 Å². The molecule has 2 aromatic rings. The van der Waals surface area contributed by atoms with E-state index in [9.17, 15) is 19.8 Å². The Kier molecular flexibility index (Phi) is 6.46. The van der Waals surface area contributed by atoms with Crippen LogP contribution in [0, 0.1) is 11.8 Å². The van der Waals surface area contributed by atoms with Crippen molar-refractivity contribution in [3.8, 4) is 23.3 Å². The van der Waals surface area contributed by atoms with Crippen LogP contribution in [0.2, 0.25) is 0 Å². The normalized spacial score (nSPS) is 9.69. The second-order valence-corrected chi connectivity index (χ2v) is 5.23. The second kappa shape index (κ2) is 8.99. The molecule has 7 nitrogen and oxygen atoms in total. The number of carbonyl (C=O) groups is 2. The average Bonchev–Trinajstić information content (AvgIpc) is 2.61. The van der Waals surface area contributed by atoms with Gasteiger partial charge < -0.3 is 25.4 Å². The van der Waals surface area contributed by atoms with Crippen molar-refractivity contribution in [3.05, 3.63) is 59.2 Å². The maximum absolute atomic E-state index is 11.5. The summed E-state index contributed by atoms with van der Waals surface area (Å²) in [6.07, 6.45) is -0.306. The number of carbonyl (C=O) groups excluding carboxylic acids is 1. The van der Waals surface area contributed by atoms with E-state index in [1.807, 2.05) is 30.3 Å².